The quantitative estimate of drug-likeness (QED) is 0.745. The van der Waals surface area contributed by atoms with Crippen LogP contribution in [0.3, 0.4) is 0 Å². The van der Waals surface area contributed by atoms with Gasteiger partial charge in [0.1, 0.15) is 0 Å². The average Bonchev–Trinajstić information content (AvgIpc) is 2.54. The molecule has 0 saturated heterocycles. The third-order valence-corrected chi connectivity index (χ3v) is 2.46. The van der Waals surface area contributed by atoms with Crippen LogP contribution in [-0.2, 0) is 4.79 Å². The molecule has 0 spiro atoms. The first-order valence-electron chi connectivity index (χ1n) is 4.92. The molecular weight excluding hydrogens is 233 g/mol. The number of hydrogen-bond acceptors (Lipinski definition) is 2. The van der Waals surface area contributed by atoms with Gasteiger partial charge in [-0.05, 0) is 19.1 Å². The van der Waals surface area contributed by atoms with Crippen LogP contribution in [0.4, 0.5) is 18.9 Å². The number of carbonyl (C=O) groups excluding carboxylic acids is 1. The van der Waals surface area contributed by atoms with Gasteiger partial charge in [-0.3, -0.25) is 4.79 Å². The molecule has 0 bridgehead atoms. The summed E-state index contributed by atoms with van der Waals surface area (Å²) in [4.78, 5) is 11.7. The number of halogens is 3. The zero-order valence-corrected chi connectivity index (χ0v) is 8.90. The maximum Gasteiger partial charge on any atom is 0.405 e. The third kappa shape index (κ3) is 2.02. The van der Waals surface area contributed by atoms with Crippen molar-refractivity contribution >= 4 is 17.3 Å². The molecule has 1 aliphatic heterocycles. The van der Waals surface area contributed by atoms with Crippen LogP contribution in [0.15, 0.2) is 35.4 Å². The molecule has 17 heavy (non-hydrogen) atoms. The van der Waals surface area contributed by atoms with Gasteiger partial charge in [-0.1, -0.05) is 18.2 Å². The summed E-state index contributed by atoms with van der Waals surface area (Å²) < 4.78 is 37.9. The molecule has 1 unspecified atom stereocenters. The zero-order chi connectivity index (χ0) is 12.6. The van der Waals surface area contributed by atoms with Crippen LogP contribution in [-0.4, -0.2) is 17.8 Å². The van der Waals surface area contributed by atoms with E-state index in [1.54, 1.807) is 18.2 Å². The second-order valence-electron chi connectivity index (χ2n) is 3.70. The summed E-state index contributed by atoms with van der Waals surface area (Å²) in [6.45, 7) is 1.21. The van der Waals surface area contributed by atoms with E-state index in [9.17, 15) is 18.0 Å². The molecule has 1 aromatic rings. The van der Waals surface area contributed by atoms with E-state index in [-0.39, 0.29) is 5.71 Å². The Balaban J connectivity index is 2.34. The van der Waals surface area contributed by atoms with Gasteiger partial charge in [0.2, 0.25) is 0 Å². The zero-order valence-electron chi connectivity index (χ0n) is 8.90. The molecule has 1 aliphatic rings. The first kappa shape index (κ1) is 11.6. The Labute approximate surface area is 95.5 Å². The van der Waals surface area contributed by atoms with Gasteiger partial charge in [0, 0.05) is 0 Å². The molecule has 1 amide bonds. The van der Waals surface area contributed by atoms with E-state index >= 15 is 0 Å². The number of hydrazone groups is 1. The number of anilines is 1. The molecule has 90 valence electrons. The summed E-state index contributed by atoms with van der Waals surface area (Å²) in [5.41, 5.74) is 0.106. The van der Waals surface area contributed by atoms with Crippen molar-refractivity contribution in [3.63, 3.8) is 0 Å². The highest BCUT2D eigenvalue weighted by atomic mass is 19.4. The fourth-order valence-corrected chi connectivity index (χ4v) is 1.70. The highest BCUT2D eigenvalue weighted by Gasteiger charge is 2.52. The van der Waals surface area contributed by atoms with Crippen molar-refractivity contribution in [1.82, 2.24) is 0 Å². The van der Waals surface area contributed by atoms with Crippen LogP contribution in [0.25, 0.3) is 0 Å². The summed E-state index contributed by atoms with van der Waals surface area (Å²) in [6, 6.07) is 8.05. The highest BCUT2D eigenvalue weighted by Crippen LogP contribution is 2.34. The van der Waals surface area contributed by atoms with Gasteiger partial charge in [-0.2, -0.15) is 23.3 Å². The van der Waals surface area contributed by atoms with Crippen molar-refractivity contribution in [2.45, 2.75) is 13.1 Å². The van der Waals surface area contributed by atoms with Crippen LogP contribution in [0.2, 0.25) is 0 Å². The molecular formula is C11H9F3N2O. The van der Waals surface area contributed by atoms with Crippen LogP contribution in [0.1, 0.15) is 6.92 Å². The largest absolute Gasteiger partial charge is 0.405 e. The lowest BCUT2D eigenvalue weighted by Crippen LogP contribution is -2.37. The van der Waals surface area contributed by atoms with E-state index in [0.717, 1.165) is 5.01 Å². The molecule has 0 fully saturated rings. The molecule has 0 aromatic heterocycles. The predicted octanol–water partition coefficient (Wildman–Crippen LogP) is 2.59. The number of para-hydroxylation sites is 1. The van der Waals surface area contributed by atoms with E-state index in [1.807, 2.05) is 0 Å². The highest BCUT2D eigenvalue weighted by molar-refractivity contribution is 6.15. The second kappa shape index (κ2) is 3.87. The van der Waals surface area contributed by atoms with Gasteiger partial charge in [0.05, 0.1) is 11.4 Å². The van der Waals surface area contributed by atoms with Crippen LogP contribution >= 0.6 is 0 Å². The molecule has 0 radical (unpaired) electrons. The Hall–Kier alpha value is -1.85. The first-order valence-corrected chi connectivity index (χ1v) is 4.92. The Morgan fingerprint density at radius 3 is 2.29 bits per heavy atom. The Kier molecular flexibility index (Phi) is 2.65. The topological polar surface area (TPSA) is 32.7 Å². The Morgan fingerprint density at radius 1 is 1.24 bits per heavy atom. The lowest BCUT2D eigenvalue weighted by atomic mass is 10.0. The first-order chi connectivity index (χ1) is 7.91. The Bertz CT molecular complexity index is 467. The van der Waals surface area contributed by atoms with Crippen molar-refractivity contribution in [2.24, 2.45) is 11.0 Å². The van der Waals surface area contributed by atoms with E-state index in [1.165, 1.54) is 19.1 Å². The number of nitrogens with zero attached hydrogens (tertiary/aromatic N) is 2. The number of carbonyl (C=O) groups is 1. The van der Waals surface area contributed by atoms with Crippen molar-refractivity contribution in [3.05, 3.63) is 30.3 Å². The van der Waals surface area contributed by atoms with Gasteiger partial charge in [0.25, 0.3) is 5.91 Å². The molecule has 1 heterocycles. The van der Waals surface area contributed by atoms with Gasteiger partial charge >= 0.3 is 6.18 Å². The molecule has 1 aromatic carbocycles. The van der Waals surface area contributed by atoms with Crippen molar-refractivity contribution < 1.29 is 18.0 Å². The normalized spacial score (nSPS) is 20.7. The number of rotatable bonds is 1. The third-order valence-electron chi connectivity index (χ3n) is 2.46. The van der Waals surface area contributed by atoms with Crippen molar-refractivity contribution in [2.75, 3.05) is 5.01 Å². The number of hydrogen-bond donors (Lipinski definition) is 0. The fourth-order valence-electron chi connectivity index (χ4n) is 1.70. The fraction of sp³-hybridized carbons (Fsp3) is 0.273. The minimum atomic E-state index is -4.59. The summed E-state index contributed by atoms with van der Waals surface area (Å²) in [7, 11) is 0. The van der Waals surface area contributed by atoms with E-state index in [0.29, 0.717) is 5.69 Å². The molecule has 1 atom stereocenters. The molecule has 0 N–H and O–H groups in total. The number of benzene rings is 1. The standard InChI is InChI=1S/C11H9F3N2O/c1-7-9(11(12,13)14)10(17)16(15-7)8-5-3-2-4-6-8/h2-6,9H,1H3. The van der Waals surface area contributed by atoms with Crippen molar-refractivity contribution in [3.8, 4) is 0 Å². The summed E-state index contributed by atoms with van der Waals surface area (Å²) in [5.74, 6) is -3.18. The van der Waals surface area contributed by atoms with E-state index < -0.39 is 18.0 Å². The minimum Gasteiger partial charge on any atom is -0.271 e. The lowest BCUT2D eigenvalue weighted by molar-refractivity contribution is -0.165. The Morgan fingerprint density at radius 2 is 1.82 bits per heavy atom. The van der Waals surface area contributed by atoms with Crippen LogP contribution in [0.5, 0.6) is 0 Å². The van der Waals surface area contributed by atoms with Gasteiger partial charge in [-0.25, -0.2) is 0 Å². The summed E-state index contributed by atoms with van der Waals surface area (Å²) in [6.07, 6.45) is -4.59. The monoisotopic (exact) mass is 242 g/mol. The molecule has 6 heteroatoms. The van der Waals surface area contributed by atoms with E-state index in [4.69, 9.17) is 0 Å². The SMILES string of the molecule is CC1=NN(c2ccccc2)C(=O)C1C(F)(F)F. The van der Waals surface area contributed by atoms with Gasteiger partial charge in [0.15, 0.2) is 5.92 Å². The smallest absolute Gasteiger partial charge is 0.271 e. The average molecular weight is 242 g/mol. The maximum absolute atomic E-state index is 12.6. The molecule has 0 saturated carbocycles. The van der Waals surface area contributed by atoms with Crippen LogP contribution in [0, 0.1) is 5.92 Å². The molecule has 3 nitrogen and oxygen atoms in total. The summed E-state index contributed by atoms with van der Waals surface area (Å²) in [5, 5.41) is 4.47. The molecule has 2 rings (SSSR count). The second-order valence-corrected chi connectivity index (χ2v) is 3.70. The minimum absolute atomic E-state index is 0.230. The van der Waals surface area contributed by atoms with Gasteiger partial charge < -0.3 is 0 Å². The molecule has 0 aliphatic carbocycles. The van der Waals surface area contributed by atoms with Gasteiger partial charge in [-0.15, -0.1) is 0 Å². The van der Waals surface area contributed by atoms with Crippen molar-refractivity contribution in [1.29, 1.82) is 0 Å². The predicted molar refractivity (Wildman–Crippen MR) is 56.6 cm³/mol. The number of alkyl halides is 3. The maximum atomic E-state index is 12.6. The van der Waals surface area contributed by atoms with Crippen LogP contribution < -0.4 is 5.01 Å². The lowest BCUT2D eigenvalue weighted by Gasteiger charge is -2.16. The number of amides is 1. The summed E-state index contributed by atoms with van der Waals surface area (Å²) >= 11 is 0. The van der Waals surface area contributed by atoms with E-state index in [2.05, 4.69) is 5.10 Å².